The van der Waals surface area contributed by atoms with Crippen LogP contribution in [0.15, 0.2) is 35.6 Å². The van der Waals surface area contributed by atoms with E-state index in [1.165, 1.54) is 45.8 Å². The van der Waals surface area contributed by atoms with Crippen molar-refractivity contribution in [3.05, 3.63) is 46.6 Å². The van der Waals surface area contributed by atoms with Crippen LogP contribution < -0.4 is 10.1 Å². The molecule has 1 aromatic carbocycles. The first-order valence-corrected chi connectivity index (χ1v) is 13.0. The fourth-order valence-corrected chi connectivity index (χ4v) is 6.83. The lowest BCUT2D eigenvalue weighted by Crippen LogP contribution is -2.14. The number of anilines is 1. The number of carbonyl (C=O) groups excluding carboxylic acids is 1. The van der Waals surface area contributed by atoms with Gasteiger partial charge in [-0.3, -0.25) is 4.79 Å². The number of nitrogens with one attached hydrogen (secondary N) is 1. The van der Waals surface area contributed by atoms with Gasteiger partial charge in [0, 0.05) is 10.4 Å². The summed E-state index contributed by atoms with van der Waals surface area (Å²) in [5, 5.41) is 13.9. The molecule has 1 amide bonds. The largest absolute Gasteiger partial charge is 0.497 e. The van der Waals surface area contributed by atoms with Gasteiger partial charge in [-0.15, -0.1) is 11.3 Å². The van der Waals surface area contributed by atoms with Crippen LogP contribution in [0.1, 0.15) is 28.8 Å². The molecule has 0 aliphatic heterocycles. The quantitative estimate of drug-likeness (QED) is 0.287. The number of thioether (sulfide) groups is 1. The van der Waals surface area contributed by atoms with Gasteiger partial charge in [0.15, 0.2) is 0 Å². The molecule has 0 bridgehead atoms. The van der Waals surface area contributed by atoms with Crippen molar-refractivity contribution in [3.63, 3.8) is 0 Å². The maximum Gasteiger partial charge on any atom is 0.235 e. The standard InChI is InChI=1S/C23H19N5O2S3/c1-30-14-8-6-13(7-9-14)19-20-21(33-28-19)23(26-12-25-20)31-11-18(29)27-22-16(10-24)15-4-2-3-5-17(15)32-22/h6-9,12H,2-5,11H2,1H3,(H,27,29). The lowest BCUT2D eigenvalue weighted by molar-refractivity contribution is -0.113. The van der Waals surface area contributed by atoms with Crippen LogP contribution in [-0.4, -0.2) is 33.1 Å². The van der Waals surface area contributed by atoms with Crippen LogP contribution in [0.5, 0.6) is 5.75 Å². The number of nitriles is 1. The maximum atomic E-state index is 12.7. The number of hydrogen-bond donors (Lipinski definition) is 1. The van der Waals surface area contributed by atoms with E-state index in [9.17, 15) is 10.1 Å². The number of hydrogen-bond acceptors (Lipinski definition) is 9. The number of thiophene rings is 1. The van der Waals surface area contributed by atoms with Crippen molar-refractivity contribution < 1.29 is 9.53 Å². The van der Waals surface area contributed by atoms with Crippen LogP contribution in [-0.2, 0) is 17.6 Å². The number of fused-ring (bicyclic) bond motifs is 2. The first-order valence-electron chi connectivity index (χ1n) is 10.4. The molecule has 0 unspecified atom stereocenters. The van der Waals surface area contributed by atoms with E-state index in [1.807, 2.05) is 24.3 Å². The number of amides is 1. The fourth-order valence-electron chi connectivity index (χ4n) is 3.85. The molecule has 0 spiro atoms. The molecule has 0 saturated heterocycles. The Morgan fingerprint density at radius 2 is 2.06 bits per heavy atom. The summed E-state index contributed by atoms with van der Waals surface area (Å²) in [7, 11) is 1.63. The van der Waals surface area contributed by atoms with Gasteiger partial charge in [-0.1, -0.05) is 11.8 Å². The van der Waals surface area contributed by atoms with Gasteiger partial charge in [0.2, 0.25) is 5.91 Å². The minimum absolute atomic E-state index is 0.151. The van der Waals surface area contributed by atoms with Crippen LogP contribution in [0, 0.1) is 11.3 Å². The van der Waals surface area contributed by atoms with E-state index in [0.717, 1.165) is 63.5 Å². The second kappa shape index (κ2) is 9.47. The minimum atomic E-state index is -0.151. The summed E-state index contributed by atoms with van der Waals surface area (Å²) in [6.07, 6.45) is 5.64. The summed E-state index contributed by atoms with van der Waals surface area (Å²) in [5.41, 5.74) is 4.24. The first kappa shape index (κ1) is 21.8. The highest BCUT2D eigenvalue weighted by molar-refractivity contribution is 8.00. The molecule has 33 heavy (non-hydrogen) atoms. The molecule has 10 heteroatoms. The van der Waals surface area contributed by atoms with Crippen molar-refractivity contribution in [2.75, 3.05) is 18.2 Å². The van der Waals surface area contributed by atoms with Gasteiger partial charge in [-0.25, -0.2) is 9.97 Å². The second-order valence-corrected chi connectivity index (χ2v) is 10.3. The van der Waals surface area contributed by atoms with Gasteiger partial charge in [0.25, 0.3) is 0 Å². The lowest BCUT2D eigenvalue weighted by atomic mass is 9.96. The zero-order valence-corrected chi connectivity index (χ0v) is 20.2. The van der Waals surface area contributed by atoms with Crippen molar-refractivity contribution in [2.45, 2.75) is 30.7 Å². The number of nitrogens with zero attached hydrogens (tertiary/aromatic N) is 4. The molecule has 4 aromatic rings. The molecule has 1 aliphatic rings. The Kier molecular flexibility index (Phi) is 6.26. The highest BCUT2D eigenvalue weighted by Gasteiger charge is 2.22. The SMILES string of the molecule is COc1ccc(-c2nsc3c(SCC(=O)Nc4sc5c(c4C#N)CCCC5)ncnc23)cc1. The monoisotopic (exact) mass is 493 g/mol. The van der Waals surface area contributed by atoms with E-state index in [2.05, 4.69) is 25.7 Å². The normalized spacial score (nSPS) is 12.8. The third-order valence-electron chi connectivity index (χ3n) is 5.46. The molecule has 1 N–H and O–H groups in total. The van der Waals surface area contributed by atoms with Gasteiger partial charge in [0.05, 0.1) is 18.4 Å². The van der Waals surface area contributed by atoms with E-state index < -0.39 is 0 Å². The average Bonchev–Trinajstić information content (AvgIpc) is 3.44. The summed E-state index contributed by atoms with van der Waals surface area (Å²) in [6, 6.07) is 9.96. The van der Waals surface area contributed by atoms with Crippen LogP contribution in [0.3, 0.4) is 0 Å². The van der Waals surface area contributed by atoms with Crippen molar-refractivity contribution in [3.8, 4) is 23.1 Å². The molecule has 0 saturated carbocycles. The van der Waals surface area contributed by atoms with E-state index in [4.69, 9.17) is 4.74 Å². The third-order valence-corrected chi connectivity index (χ3v) is 8.63. The molecular weight excluding hydrogens is 474 g/mol. The Balaban J connectivity index is 1.32. The van der Waals surface area contributed by atoms with E-state index in [-0.39, 0.29) is 11.7 Å². The molecule has 3 aromatic heterocycles. The smallest absolute Gasteiger partial charge is 0.235 e. The number of aromatic nitrogens is 3. The van der Waals surface area contributed by atoms with E-state index in [0.29, 0.717) is 10.6 Å². The number of methoxy groups -OCH3 is 1. The van der Waals surface area contributed by atoms with Gasteiger partial charge < -0.3 is 10.1 Å². The number of rotatable bonds is 6. The average molecular weight is 494 g/mol. The van der Waals surface area contributed by atoms with Crippen molar-refractivity contribution in [1.82, 2.24) is 14.3 Å². The Hall–Kier alpha value is -3.00. The zero-order chi connectivity index (χ0) is 22.8. The second-order valence-electron chi connectivity index (χ2n) is 7.48. The Morgan fingerprint density at radius 3 is 2.85 bits per heavy atom. The van der Waals surface area contributed by atoms with Gasteiger partial charge >= 0.3 is 0 Å². The third kappa shape index (κ3) is 4.31. The predicted octanol–water partition coefficient (Wildman–Crippen LogP) is 5.30. The Labute approximate surface area is 203 Å². The number of carbonyl (C=O) groups is 1. The Morgan fingerprint density at radius 1 is 1.24 bits per heavy atom. The van der Waals surface area contributed by atoms with Crippen LogP contribution in [0.4, 0.5) is 5.00 Å². The molecule has 0 fully saturated rings. The molecule has 1 aliphatic carbocycles. The van der Waals surface area contributed by atoms with Crippen molar-refractivity contribution in [1.29, 1.82) is 5.26 Å². The number of benzene rings is 1. The number of aryl methyl sites for hydroxylation is 1. The summed E-state index contributed by atoms with van der Waals surface area (Å²) in [4.78, 5) is 22.7. The summed E-state index contributed by atoms with van der Waals surface area (Å²) < 4.78 is 10.7. The fraction of sp³-hybridized carbons (Fsp3) is 0.261. The topological polar surface area (TPSA) is 101 Å². The summed E-state index contributed by atoms with van der Waals surface area (Å²) >= 11 is 4.21. The van der Waals surface area contributed by atoms with Crippen LogP contribution >= 0.6 is 34.6 Å². The van der Waals surface area contributed by atoms with Crippen LogP contribution in [0.2, 0.25) is 0 Å². The summed E-state index contributed by atoms with van der Waals surface area (Å²) in [5.74, 6) is 0.818. The first-order chi connectivity index (χ1) is 16.2. The molecular formula is C23H19N5O2S3. The Bertz CT molecular complexity index is 1370. The van der Waals surface area contributed by atoms with Gasteiger partial charge in [-0.2, -0.15) is 9.64 Å². The maximum absolute atomic E-state index is 12.7. The van der Waals surface area contributed by atoms with E-state index >= 15 is 0 Å². The minimum Gasteiger partial charge on any atom is -0.497 e. The van der Waals surface area contributed by atoms with Gasteiger partial charge in [0.1, 0.15) is 44.1 Å². The highest BCUT2D eigenvalue weighted by atomic mass is 32.2. The van der Waals surface area contributed by atoms with Crippen molar-refractivity contribution in [2.24, 2.45) is 0 Å². The molecule has 166 valence electrons. The molecule has 0 radical (unpaired) electrons. The molecule has 7 nitrogen and oxygen atoms in total. The highest BCUT2D eigenvalue weighted by Crippen LogP contribution is 2.38. The van der Waals surface area contributed by atoms with Gasteiger partial charge in [-0.05, 0) is 67.0 Å². The number of ether oxygens (including phenoxy) is 1. The predicted molar refractivity (Wildman–Crippen MR) is 132 cm³/mol. The van der Waals surface area contributed by atoms with Crippen LogP contribution in [0.25, 0.3) is 21.5 Å². The van der Waals surface area contributed by atoms with Crippen molar-refractivity contribution >= 4 is 55.8 Å². The zero-order valence-electron chi connectivity index (χ0n) is 17.8. The summed E-state index contributed by atoms with van der Waals surface area (Å²) in [6.45, 7) is 0. The van der Waals surface area contributed by atoms with E-state index in [1.54, 1.807) is 7.11 Å². The molecule has 3 heterocycles. The lowest BCUT2D eigenvalue weighted by Gasteiger charge is -2.09. The molecule has 0 atom stereocenters. The molecule has 5 rings (SSSR count).